The lowest BCUT2D eigenvalue weighted by atomic mass is 10.2. The molecule has 0 fully saturated rings. The van der Waals surface area contributed by atoms with E-state index in [1.807, 2.05) is 0 Å². The van der Waals surface area contributed by atoms with Crippen LogP contribution in [0.1, 0.15) is 12.4 Å². The minimum absolute atomic E-state index is 0.0959. The molecule has 0 bridgehead atoms. The average molecular weight is 305 g/mol. The topological polar surface area (TPSA) is 66.8 Å². The van der Waals surface area contributed by atoms with Gasteiger partial charge in [0.1, 0.15) is 5.82 Å². The number of halogens is 2. The lowest BCUT2D eigenvalue weighted by Crippen LogP contribution is -2.24. The Hall–Kier alpha value is -2.77. The zero-order valence-electron chi connectivity index (χ0n) is 11.7. The highest BCUT2D eigenvalue weighted by Gasteiger charge is 2.15. The highest BCUT2D eigenvalue weighted by atomic mass is 19.3. The molecule has 1 N–H and O–H groups in total. The lowest BCUT2D eigenvalue weighted by molar-refractivity contribution is 0.0670. The Bertz CT molecular complexity index is 858. The molecule has 114 valence electrons. The average Bonchev–Trinajstić information content (AvgIpc) is 2.95. The van der Waals surface area contributed by atoms with Crippen LogP contribution in [0.3, 0.4) is 0 Å². The molecule has 0 atom stereocenters. The molecule has 2 heterocycles. The predicted octanol–water partition coefficient (Wildman–Crippen LogP) is 2.15. The second-order valence-corrected chi connectivity index (χ2v) is 4.79. The van der Waals surface area contributed by atoms with Gasteiger partial charge in [-0.3, -0.25) is 14.3 Å². The number of alkyl halides is 2. The third-order valence-electron chi connectivity index (χ3n) is 3.30. The van der Waals surface area contributed by atoms with E-state index in [1.54, 1.807) is 36.2 Å². The van der Waals surface area contributed by atoms with E-state index >= 15 is 0 Å². The molecule has 0 saturated heterocycles. The standard InChI is InChI=1S/C14H13F2N5O/c1-20(8-11-17-6-7-21(11)13(15)16)14-18-10-5-3-2-4-9(10)12(22)19-14/h2-7,13H,8H2,1H3,(H,18,19,22). The summed E-state index contributed by atoms with van der Waals surface area (Å²) < 4.78 is 26.4. The van der Waals surface area contributed by atoms with Crippen LogP contribution in [-0.2, 0) is 6.54 Å². The quantitative estimate of drug-likeness (QED) is 0.802. The van der Waals surface area contributed by atoms with Crippen molar-refractivity contribution >= 4 is 16.9 Å². The normalized spacial score (nSPS) is 11.3. The number of benzene rings is 1. The highest BCUT2D eigenvalue weighted by molar-refractivity contribution is 5.78. The third kappa shape index (κ3) is 2.54. The van der Waals surface area contributed by atoms with E-state index in [1.165, 1.54) is 12.4 Å². The fourth-order valence-electron chi connectivity index (χ4n) is 2.19. The summed E-state index contributed by atoms with van der Waals surface area (Å²) in [5.74, 6) is 0.487. The summed E-state index contributed by atoms with van der Waals surface area (Å²) in [6.45, 7) is -2.56. The number of aromatic amines is 1. The molecule has 0 aliphatic heterocycles. The van der Waals surface area contributed by atoms with Gasteiger partial charge in [0.05, 0.1) is 17.4 Å². The highest BCUT2D eigenvalue weighted by Crippen LogP contribution is 2.16. The van der Waals surface area contributed by atoms with Crippen LogP contribution in [0.25, 0.3) is 10.9 Å². The van der Waals surface area contributed by atoms with Crippen molar-refractivity contribution in [2.24, 2.45) is 0 Å². The minimum atomic E-state index is -2.66. The summed E-state index contributed by atoms with van der Waals surface area (Å²) in [7, 11) is 1.65. The molecular weight excluding hydrogens is 292 g/mol. The summed E-state index contributed by atoms with van der Waals surface area (Å²) in [6, 6.07) is 6.93. The number of nitrogens with one attached hydrogen (secondary N) is 1. The van der Waals surface area contributed by atoms with Gasteiger partial charge < -0.3 is 4.90 Å². The van der Waals surface area contributed by atoms with Crippen molar-refractivity contribution in [1.82, 2.24) is 19.5 Å². The number of nitrogens with zero attached hydrogens (tertiary/aromatic N) is 4. The van der Waals surface area contributed by atoms with Crippen LogP contribution in [0, 0.1) is 0 Å². The first kappa shape index (κ1) is 14.2. The maximum atomic E-state index is 12.8. The van der Waals surface area contributed by atoms with E-state index in [-0.39, 0.29) is 17.9 Å². The van der Waals surface area contributed by atoms with Gasteiger partial charge in [0.15, 0.2) is 0 Å². The molecule has 0 amide bonds. The molecule has 3 aromatic rings. The van der Waals surface area contributed by atoms with Crippen molar-refractivity contribution < 1.29 is 8.78 Å². The fourth-order valence-corrected chi connectivity index (χ4v) is 2.19. The molecule has 0 spiro atoms. The lowest BCUT2D eigenvalue weighted by Gasteiger charge is -2.18. The van der Waals surface area contributed by atoms with Gasteiger partial charge in [-0.25, -0.2) is 9.97 Å². The number of rotatable bonds is 4. The predicted molar refractivity (Wildman–Crippen MR) is 78.0 cm³/mol. The van der Waals surface area contributed by atoms with Gasteiger partial charge >= 0.3 is 6.55 Å². The summed E-state index contributed by atoms with van der Waals surface area (Å²) in [6.07, 6.45) is 2.52. The van der Waals surface area contributed by atoms with E-state index in [2.05, 4.69) is 15.0 Å². The number of anilines is 1. The Morgan fingerprint density at radius 2 is 2.14 bits per heavy atom. The van der Waals surface area contributed by atoms with Crippen LogP contribution < -0.4 is 10.5 Å². The molecule has 2 aromatic heterocycles. The molecule has 0 saturated carbocycles. The molecule has 0 unspecified atom stereocenters. The van der Waals surface area contributed by atoms with Gasteiger partial charge in [0, 0.05) is 19.4 Å². The molecule has 0 aliphatic carbocycles. The molecule has 22 heavy (non-hydrogen) atoms. The zero-order valence-corrected chi connectivity index (χ0v) is 11.7. The number of para-hydroxylation sites is 1. The van der Waals surface area contributed by atoms with Gasteiger partial charge in [-0.05, 0) is 12.1 Å². The molecule has 0 radical (unpaired) electrons. The van der Waals surface area contributed by atoms with E-state index < -0.39 is 6.55 Å². The number of aromatic nitrogens is 4. The first-order valence-electron chi connectivity index (χ1n) is 6.56. The number of H-pyrrole nitrogens is 1. The Kier molecular flexibility index (Phi) is 3.58. The van der Waals surface area contributed by atoms with Gasteiger partial charge in [-0.2, -0.15) is 8.78 Å². The van der Waals surface area contributed by atoms with Crippen LogP contribution in [0.2, 0.25) is 0 Å². The van der Waals surface area contributed by atoms with Crippen LogP contribution in [0.5, 0.6) is 0 Å². The summed E-state index contributed by atoms with van der Waals surface area (Å²) >= 11 is 0. The van der Waals surface area contributed by atoms with E-state index in [0.29, 0.717) is 16.9 Å². The smallest absolute Gasteiger partial charge is 0.319 e. The Balaban J connectivity index is 1.94. The Morgan fingerprint density at radius 3 is 2.91 bits per heavy atom. The minimum Gasteiger partial charge on any atom is -0.338 e. The van der Waals surface area contributed by atoms with Crippen molar-refractivity contribution in [2.45, 2.75) is 13.1 Å². The van der Waals surface area contributed by atoms with Crippen LogP contribution in [0.15, 0.2) is 41.5 Å². The molecule has 0 aliphatic rings. The summed E-state index contributed by atoms with van der Waals surface area (Å²) in [5.41, 5.74) is 0.273. The fraction of sp³-hybridized carbons (Fsp3) is 0.214. The summed E-state index contributed by atoms with van der Waals surface area (Å²) in [5, 5.41) is 0.480. The van der Waals surface area contributed by atoms with E-state index in [4.69, 9.17) is 0 Å². The summed E-state index contributed by atoms with van der Waals surface area (Å²) in [4.78, 5) is 24.5. The van der Waals surface area contributed by atoms with E-state index in [9.17, 15) is 13.6 Å². The first-order chi connectivity index (χ1) is 10.6. The molecule has 3 rings (SSSR count). The second kappa shape index (κ2) is 5.55. The largest absolute Gasteiger partial charge is 0.338 e. The Labute approximate surface area is 124 Å². The third-order valence-corrected chi connectivity index (χ3v) is 3.30. The van der Waals surface area contributed by atoms with Crippen molar-refractivity contribution in [3.63, 3.8) is 0 Å². The zero-order chi connectivity index (χ0) is 15.7. The number of imidazole rings is 1. The second-order valence-electron chi connectivity index (χ2n) is 4.79. The maximum Gasteiger partial charge on any atom is 0.319 e. The number of hydrogen-bond acceptors (Lipinski definition) is 4. The molecule has 1 aromatic carbocycles. The van der Waals surface area contributed by atoms with Crippen molar-refractivity contribution in [3.8, 4) is 0 Å². The van der Waals surface area contributed by atoms with Crippen molar-refractivity contribution in [3.05, 3.63) is 52.8 Å². The Morgan fingerprint density at radius 1 is 1.36 bits per heavy atom. The van der Waals surface area contributed by atoms with Crippen LogP contribution in [0.4, 0.5) is 14.7 Å². The SMILES string of the molecule is CN(Cc1nccn1C(F)F)c1nc2ccccc2c(=O)[nH]1. The molecule has 8 heteroatoms. The van der Waals surface area contributed by atoms with Crippen LogP contribution in [-0.4, -0.2) is 26.6 Å². The van der Waals surface area contributed by atoms with Gasteiger partial charge in [0.2, 0.25) is 5.95 Å². The maximum absolute atomic E-state index is 12.8. The van der Waals surface area contributed by atoms with E-state index in [0.717, 1.165) is 4.57 Å². The number of fused-ring (bicyclic) bond motifs is 1. The van der Waals surface area contributed by atoms with Crippen molar-refractivity contribution in [2.75, 3.05) is 11.9 Å². The monoisotopic (exact) mass is 305 g/mol. The van der Waals surface area contributed by atoms with Crippen molar-refractivity contribution in [1.29, 1.82) is 0 Å². The molecular formula is C14H13F2N5O. The van der Waals surface area contributed by atoms with Gasteiger partial charge in [-0.15, -0.1) is 0 Å². The van der Waals surface area contributed by atoms with Gasteiger partial charge in [-0.1, -0.05) is 12.1 Å². The molecule has 6 nitrogen and oxygen atoms in total. The van der Waals surface area contributed by atoms with Crippen LogP contribution >= 0.6 is 0 Å². The number of hydrogen-bond donors (Lipinski definition) is 1. The first-order valence-corrected chi connectivity index (χ1v) is 6.56. The van der Waals surface area contributed by atoms with Gasteiger partial charge in [0.25, 0.3) is 5.56 Å².